The third-order valence-corrected chi connectivity index (χ3v) is 9.24. The van der Waals surface area contributed by atoms with E-state index in [1.165, 1.54) is 6.07 Å². The van der Waals surface area contributed by atoms with Crippen LogP contribution in [0.2, 0.25) is 0 Å². The Labute approximate surface area is 276 Å². The van der Waals surface area contributed by atoms with Gasteiger partial charge in [0.1, 0.15) is 11.2 Å². The van der Waals surface area contributed by atoms with Crippen LogP contribution < -0.4 is 0 Å². The second kappa shape index (κ2) is 10.3. The second-order valence-corrected chi connectivity index (χ2v) is 11.9. The molecule has 0 unspecified atom stereocenters. The number of rotatable bonds is 3. The van der Waals surface area contributed by atoms with Crippen LogP contribution in [0.1, 0.15) is 5.56 Å². The number of hydrogen-bond acceptors (Lipinski definition) is 10. The van der Waals surface area contributed by atoms with E-state index < -0.39 is 51.7 Å². The number of phenols is 9. The summed E-state index contributed by atoms with van der Waals surface area (Å²) in [4.78, 5) is 0. The summed E-state index contributed by atoms with van der Waals surface area (Å²) >= 11 is 0. The average molecular weight is 655 g/mol. The smallest absolute Gasteiger partial charge is 0.208 e. The first kappa shape index (κ1) is 29.5. The van der Waals surface area contributed by atoms with Crippen LogP contribution in [0.4, 0.5) is 0 Å². The van der Waals surface area contributed by atoms with Crippen LogP contribution in [0.25, 0.3) is 76.9 Å². The van der Waals surface area contributed by atoms with Crippen LogP contribution in [0.15, 0.2) is 89.3 Å². The maximum atomic E-state index is 11.1. The summed E-state index contributed by atoms with van der Waals surface area (Å²) in [6.45, 7) is 1.55. The lowest BCUT2D eigenvalue weighted by molar-refractivity contribution is 0.330. The fourth-order valence-corrected chi connectivity index (χ4v) is 6.88. The molecule has 242 valence electrons. The molecule has 0 radical (unpaired) electrons. The monoisotopic (exact) mass is 654 g/mol. The molecule has 1 aromatic heterocycles. The lowest BCUT2D eigenvalue weighted by Crippen LogP contribution is -1.94. The molecular weight excluding hydrogens is 628 g/mol. The molecule has 10 nitrogen and oxygen atoms in total. The summed E-state index contributed by atoms with van der Waals surface area (Å²) in [7, 11) is 0. The van der Waals surface area contributed by atoms with Crippen molar-refractivity contribution in [3.05, 3.63) is 90.5 Å². The first-order valence-electron chi connectivity index (χ1n) is 15.1. The summed E-state index contributed by atoms with van der Waals surface area (Å²) < 4.78 is 6.11. The van der Waals surface area contributed by atoms with Crippen molar-refractivity contribution in [1.82, 2.24) is 0 Å². The maximum Gasteiger partial charge on any atom is 0.208 e. The van der Waals surface area contributed by atoms with Crippen molar-refractivity contribution < 1.29 is 50.4 Å². The highest BCUT2D eigenvalue weighted by Gasteiger charge is 2.27. The van der Waals surface area contributed by atoms with E-state index in [1.54, 1.807) is 19.1 Å². The van der Waals surface area contributed by atoms with Crippen molar-refractivity contribution >= 4 is 43.5 Å². The molecule has 49 heavy (non-hydrogen) atoms. The minimum atomic E-state index is -1.05. The van der Waals surface area contributed by atoms with E-state index in [1.807, 2.05) is 66.7 Å². The zero-order valence-electron chi connectivity index (χ0n) is 25.5. The largest absolute Gasteiger partial charge is 0.504 e. The first-order valence-corrected chi connectivity index (χ1v) is 15.1. The third kappa shape index (κ3) is 4.01. The molecule has 0 spiro atoms. The summed E-state index contributed by atoms with van der Waals surface area (Å²) in [6.07, 6.45) is 0. The summed E-state index contributed by atoms with van der Waals surface area (Å²) in [5, 5.41) is 98.2. The highest BCUT2D eigenvalue weighted by atomic mass is 16.4. The SMILES string of the molecule is Cc1c(O)c(O)c(O)c(O)c1-c1c2ccccc2c(-c2ccc3oc4ccc(-c5c(O)c(O)c(O)c(O)c5O)cc4c3c2)c2ccccc12. The van der Waals surface area contributed by atoms with Gasteiger partial charge in [-0.25, -0.2) is 0 Å². The molecule has 0 aliphatic heterocycles. The van der Waals surface area contributed by atoms with Gasteiger partial charge in [0.2, 0.25) is 28.7 Å². The predicted molar refractivity (Wildman–Crippen MR) is 185 cm³/mol. The number of benzene rings is 7. The van der Waals surface area contributed by atoms with Gasteiger partial charge in [0, 0.05) is 27.5 Å². The van der Waals surface area contributed by atoms with E-state index in [0.717, 1.165) is 21.9 Å². The van der Waals surface area contributed by atoms with Gasteiger partial charge in [-0.15, -0.1) is 0 Å². The Balaban J connectivity index is 1.42. The Bertz CT molecular complexity index is 2610. The topological polar surface area (TPSA) is 195 Å². The molecule has 0 bridgehead atoms. The molecule has 0 amide bonds. The van der Waals surface area contributed by atoms with Crippen molar-refractivity contribution in [1.29, 1.82) is 0 Å². The molecule has 9 N–H and O–H groups in total. The van der Waals surface area contributed by atoms with E-state index in [9.17, 15) is 46.0 Å². The van der Waals surface area contributed by atoms with Crippen LogP contribution in [0.5, 0.6) is 51.7 Å². The molecule has 1 heterocycles. The molecule has 0 saturated carbocycles. The van der Waals surface area contributed by atoms with Crippen LogP contribution in [-0.4, -0.2) is 46.0 Å². The van der Waals surface area contributed by atoms with E-state index in [0.29, 0.717) is 38.3 Å². The van der Waals surface area contributed by atoms with Gasteiger partial charge in [0.15, 0.2) is 23.0 Å². The Morgan fingerprint density at radius 3 is 1.18 bits per heavy atom. The zero-order chi connectivity index (χ0) is 34.5. The van der Waals surface area contributed by atoms with Crippen molar-refractivity contribution in [3.63, 3.8) is 0 Å². The molecule has 0 fully saturated rings. The Hall–Kier alpha value is -6.94. The highest BCUT2D eigenvalue weighted by molar-refractivity contribution is 6.23. The minimum absolute atomic E-state index is 0.174. The lowest BCUT2D eigenvalue weighted by atomic mass is 9.84. The molecule has 0 aliphatic carbocycles. The van der Waals surface area contributed by atoms with E-state index in [-0.39, 0.29) is 22.3 Å². The van der Waals surface area contributed by atoms with Crippen molar-refractivity contribution in [2.45, 2.75) is 6.92 Å². The molecule has 10 heteroatoms. The van der Waals surface area contributed by atoms with E-state index in [4.69, 9.17) is 4.42 Å². The van der Waals surface area contributed by atoms with Crippen molar-refractivity contribution in [2.75, 3.05) is 0 Å². The number of fused-ring (bicyclic) bond motifs is 5. The lowest BCUT2D eigenvalue weighted by Gasteiger charge is -2.20. The van der Waals surface area contributed by atoms with Crippen molar-refractivity contribution in [2.24, 2.45) is 0 Å². The van der Waals surface area contributed by atoms with Gasteiger partial charge in [0.25, 0.3) is 0 Å². The van der Waals surface area contributed by atoms with Crippen LogP contribution in [0, 0.1) is 6.92 Å². The van der Waals surface area contributed by atoms with Crippen LogP contribution in [0.3, 0.4) is 0 Å². The second-order valence-electron chi connectivity index (χ2n) is 11.9. The van der Waals surface area contributed by atoms with Gasteiger partial charge in [-0.3, -0.25) is 0 Å². The Kier molecular flexibility index (Phi) is 6.18. The predicted octanol–water partition coefficient (Wildman–Crippen LogP) is 8.55. The van der Waals surface area contributed by atoms with Gasteiger partial charge in [-0.05, 0) is 69.4 Å². The molecule has 7 aromatic carbocycles. The Morgan fingerprint density at radius 1 is 0.347 bits per heavy atom. The first-order chi connectivity index (χ1) is 23.5. The number of aromatic hydroxyl groups is 9. The molecule has 8 aromatic rings. The summed E-state index contributed by atoms with van der Waals surface area (Å²) in [5.74, 6) is -7.37. The van der Waals surface area contributed by atoms with Gasteiger partial charge in [0.05, 0.1) is 5.56 Å². The van der Waals surface area contributed by atoms with Crippen LogP contribution >= 0.6 is 0 Å². The normalized spacial score (nSPS) is 11.7. The molecular formula is C39H26O10. The number of phenolic OH excluding ortho intramolecular Hbond substituents is 9. The molecule has 0 atom stereocenters. The third-order valence-electron chi connectivity index (χ3n) is 9.24. The van der Waals surface area contributed by atoms with Crippen molar-refractivity contribution in [3.8, 4) is 85.1 Å². The fourth-order valence-electron chi connectivity index (χ4n) is 6.88. The molecule has 8 rings (SSSR count). The molecule has 0 aliphatic rings. The molecule has 0 saturated heterocycles. The fraction of sp³-hybridized carbons (Fsp3) is 0.0256. The van der Waals surface area contributed by atoms with Gasteiger partial charge >= 0.3 is 0 Å². The number of furan rings is 1. The zero-order valence-corrected chi connectivity index (χ0v) is 25.5. The van der Waals surface area contributed by atoms with Gasteiger partial charge in [-0.2, -0.15) is 0 Å². The average Bonchev–Trinajstić information content (AvgIpc) is 3.48. The van der Waals surface area contributed by atoms with Gasteiger partial charge in [-0.1, -0.05) is 60.7 Å². The Morgan fingerprint density at radius 2 is 0.714 bits per heavy atom. The quantitative estimate of drug-likeness (QED) is 0.0506. The highest BCUT2D eigenvalue weighted by Crippen LogP contribution is 2.56. The van der Waals surface area contributed by atoms with E-state index >= 15 is 0 Å². The van der Waals surface area contributed by atoms with Gasteiger partial charge < -0.3 is 50.4 Å². The van der Waals surface area contributed by atoms with E-state index in [2.05, 4.69) is 0 Å². The standard InChI is InChI=1S/C39H26O10/c1-16-27(32(41)36(45)35(44)31(16)40)30-21-8-4-2-6-19(21)28(20-7-3-5-9-22(20)30)17-10-12-25-23(14-17)24-15-18(11-13-26(24)49-25)29-33(42)37(46)39(48)38(47)34(29)43/h2-15,40-48H,1H3. The number of hydrogen-bond donors (Lipinski definition) is 9. The summed E-state index contributed by atoms with van der Waals surface area (Å²) in [6, 6.07) is 25.5. The maximum absolute atomic E-state index is 11.1. The summed E-state index contributed by atoms with van der Waals surface area (Å²) in [5.41, 5.74) is 3.54. The minimum Gasteiger partial charge on any atom is -0.504 e. The van der Waals surface area contributed by atoms with Crippen LogP contribution in [-0.2, 0) is 0 Å².